The Bertz CT molecular complexity index is 360. The smallest absolute Gasteiger partial charge is 0.236 e. The van der Waals surface area contributed by atoms with Crippen LogP contribution in [0.1, 0.15) is 26.7 Å². The van der Waals surface area contributed by atoms with Crippen molar-refractivity contribution in [2.75, 3.05) is 31.9 Å². The predicted molar refractivity (Wildman–Crippen MR) is 70.7 cm³/mol. The summed E-state index contributed by atoms with van der Waals surface area (Å²) < 4.78 is 25.1. The van der Waals surface area contributed by atoms with Crippen LogP contribution in [0, 0.1) is 0 Å². The van der Waals surface area contributed by atoms with Crippen LogP contribution < -0.4 is 10.6 Å². The van der Waals surface area contributed by atoms with Crippen LogP contribution in [0.15, 0.2) is 0 Å². The molecule has 7 heteroatoms. The molecule has 1 saturated heterocycles. The maximum Gasteiger partial charge on any atom is 0.236 e. The molecule has 6 nitrogen and oxygen atoms in total. The Morgan fingerprint density at radius 3 is 2.56 bits per heavy atom. The van der Waals surface area contributed by atoms with Gasteiger partial charge in [0.25, 0.3) is 0 Å². The number of carbonyl (C=O) groups excluding carboxylic acids is 1. The van der Waals surface area contributed by atoms with Crippen molar-refractivity contribution < 1.29 is 13.2 Å². The lowest BCUT2D eigenvalue weighted by atomic mass is 10.1. The molecule has 1 atom stereocenters. The fourth-order valence-corrected chi connectivity index (χ4v) is 3.50. The molecule has 18 heavy (non-hydrogen) atoms. The number of hydrogen-bond acceptors (Lipinski definition) is 4. The summed E-state index contributed by atoms with van der Waals surface area (Å²) in [6.45, 7) is 6.02. The molecule has 0 saturated carbocycles. The first-order valence-electron chi connectivity index (χ1n) is 6.47. The molecule has 0 radical (unpaired) electrons. The Morgan fingerprint density at radius 1 is 1.39 bits per heavy atom. The summed E-state index contributed by atoms with van der Waals surface area (Å²) in [7, 11) is -3.47. The number of amides is 1. The van der Waals surface area contributed by atoms with Gasteiger partial charge in [-0.15, -0.1) is 0 Å². The highest BCUT2D eigenvalue weighted by molar-refractivity contribution is 7.89. The Kier molecular flexibility index (Phi) is 6.04. The van der Waals surface area contributed by atoms with Crippen molar-refractivity contribution in [1.29, 1.82) is 0 Å². The summed E-state index contributed by atoms with van der Waals surface area (Å²) in [5.74, 6) is -0.860. The molecule has 0 aliphatic carbocycles. The number of rotatable bonds is 6. The molecule has 0 bridgehead atoms. The standard InChI is InChI=1S/C11H23N3O3S/c1-3-14(4-2)18(16,17)9-11(15)13-10-6-5-7-12-8-10/h10,12H,3-9H2,1-2H3,(H,13,15). The SMILES string of the molecule is CCN(CC)S(=O)(=O)CC(=O)NC1CCCNC1. The van der Waals surface area contributed by atoms with Gasteiger partial charge in [0.15, 0.2) is 0 Å². The summed E-state index contributed by atoms with van der Waals surface area (Å²) in [5, 5.41) is 5.94. The van der Waals surface area contributed by atoms with E-state index in [-0.39, 0.29) is 6.04 Å². The third-order valence-electron chi connectivity index (χ3n) is 3.07. The molecule has 1 rings (SSSR count). The van der Waals surface area contributed by atoms with E-state index in [9.17, 15) is 13.2 Å². The lowest BCUT2D eigenvalue weighted by Crippen LogP contribution is -2.48. The van der Waals surface area contributed by atoms with Gasteiger partial charge in [0.1, 0.15) is 5.75 Å². The van der Waals surface area contributed by atoms with Crippen LogP contribution in [-0.2, 0) is 14.8 Å². The second kappa shape index (κ2) is 7.06. The first-order valence-corrected chi connectivity index (χ1v) is 8.08. The summed E-state index contributed by atoms with van der Waals surface area (Å²) in [6, 6.07) is 0.0538. The molecule has 1 fully saturated rings. The van der Waals surface area contributed by atoms with Crippen molar-refractivity contribution in [3.63, 3.8) is 0 Å². The van der Waals surface area contributed by atoms with Gasteiger partial charge in [0.05, 0.1) is 0 Å². The van der Waals surface area contributed by atoms with E-state index in [1.54, 1.807) is 13.8 Å². The normalized spacial score (nSPS) is 20.9. The quantitative estimate of drug-likeness (QED) is 0.688. The Morgan fingerprint density at radius 2 is 2.06 bits per heavy atom. The van der Waals surface area contributed by atoms with Crippen molar-refractivity contribution in [3.8, 4) is 0 Å². The van der Waals surface area contributed by atoms with E-state index < -0.39 is 21.7 Å². The Balaban J connectivity index is 2.47. The van der Waals surface area contributed by atoms with E-state index in [2.05, 4.69) is 10.6 Å². The lowest BCUT2D eigenvalue weighted by molar-refractivity contribution is -0.119. The molecule has 2 N–H and O–H groups in total. The molecule has 1 heterocycles. The first-order chi connectivity index (χ1) is 8.49. The van der Waals surface area contributed by atoms with Crippen molar-refractivity contribution in [1.82, 2.24) is 14.9 Å². The fourth-order valence-electron chi connectivity index (χ4n) is 2.12. The number of nitrogens with zero attached hydrogens (tertiary/aromatic N) is 1. The molecular formula is C11H23N3O3S. The number of piperidine rings is 1. The van der Waals surface area contributed by atoms with Crippen LogP contribution in [0.25, 0.3) is 0 Å². The summed E-state index contributed by atoms with van der Waals surface area (Å²) >= 11 is 0. The van der Waals surface area contributed by atoms with Gasteiger partial charge in [0, 0.05) is 25.7 Å². The minimum atomic E-state index is -3.47. The third-order valence-corrected chi connectivity index (χ3v) is 5.00. The van der Waals surface area contributed by atoms with Gasteiger partial charge in [-0.2, -0.15) is 0 Å². The first kappa shape index (κ1) is 15.4. The van der Waals surface area contributed by atoms with E-state index in [0.29, 0.717) is 13.1 Å². The van der Waals surface area contributed by atoms with Gasteiger partial charge >= 0.3 is 0 Å². The predicted octanol–water partition coefficient (Wildman–Crippen LogP) is -0.474. The zero-order chi connectivity index (χ0) is 13.6. The summed E-state index contributed by atoms with van der Waals surface area (Å²) in [4.78, 5) is 11.7. The molecular weight excluding hydrogens is 254 g/mol. The number of sulfonamides is 1. The van der Waals surface area contributed by atoms with Crippen molar-refractivity contribution >= 4 is 15.9 Å². The highest BCUT2D eigenvalue weighted by Gasteiger charge is 2.24. The molecule has 1 amide bonds. The van der Waals surface area contributed by atoms with Gasteiger partial charge in [-0.25, -0.2) is 12.7 Å². The minimum absolute atomic E-state index is 0.0538. The number of nitrogens with one attached hydrogen (secondary N) is 2. The van der Waals surface area contributed by atoms with Gasteiger partial charge in [-0.1, -0.05) is 13.8 Å². The van der Waals surface area contributed by atoms with Gasteiger partial charge < -0.3 is 10.6 Å². The molecule has 0 spiro atoms. The Hall–Kier alpha value is -0.660. The molecule has 1 aliphatic heterocycles. The van der Waals surface area contributed by atoms with E-state index in [4.69, 9.17) is 0 Å². The van der Waals surface area contributed by atoms with Crippen LogP contribution >= 0.6 is 0 Å². The maximum atomic E-state index is 11.9. The zero-order valence-electron chi connectivity index (χ0n) is 11.1. The average Bonchev–Trinajstić information content (AvgIpc) is 2.30. The fraction of sp³-hybridized carbons (Fsp3) is 0.909. The lowest BCUT2D eigenvalue weighted by Gasteiger charge is -2.24. The van der Waals surface area contributed by atoms with E-state index in [0.717, 1.165) is 25.9 Å². The number of carbonyl (C=O) groups is 1. The van der Waals surface area contributed by atoms with Crippen LogP contribution in [0.4, 0.5) is 0 Å². The van der Waals surface area contributed by atoms with Gasteiger partial charge in [-0.05, 0) is 19.4 Å². The maximum absolute atomic E-state index is 11.9. The molecule has 1 aliphatic rings. The van der Waals surface area contributed by atoms with Gasteiger partial charge in [0.2, 0.25) is 15.9 Å². The monoisotopic (exact) mass is 277 g/mol. The molecule has 0 aromatic carbocycles. The summed E-state index contributed by atoms with van der Waals surface area (Å²) in [5.41, 5.74) is 0. The minimum Gasteiger partial charge on any atom is -0.351 e. The van der Waals surface area contributed by atoms with Crippen molar-refractivity contribution in [2.45, 2.75) is 32.7 Å². The van der Waals surface area contributed by atoms with Crippen LogP contribution in [-0.4, -0.2) is 56.6 Å². The van der Waals surface area contributed by atoms with Crippen LogP contribution in [0.5, 0.6) is 0 Å². The molecule has 1 unspecified atom stereocenters. The van der Waals surface area contributed by atoms with E-state index in [1.807, 2.05) is 0 Å². The molecule has 106 valence electrons. The topological polar surface area (TPSA) is 78.5 Å². The zero-order valence-corrected chi connectivity index (χ0v) is 11.9. The third kappa shape index (κ3) is 4.55. The number of hydrogen-bond donors (Lipinski definition) is 2. The molecule has 0 aromatic rings. The van der Waals surface area contributed by atoms with Crippen molar-refractivity contribution in [3.05, 3.63) is 0 Å². The highest BCUT2D eigenvalue weighted by atomic mass is 32.2. The second-order valence-corrected chi connectivity index (χ2v) is 6.42. The van der Waals surface area contributed by atoms with Gasteiger partial charge in [-0.3, -0.25) is 4.79 Å². The van der Waals surface area contributed by atoms with Crippen LogP contribution in [0.3, 0.4) is 0 Å². The Labute approximate surface area is 109 Å². The van der Waals surface area contributed by atoms with Crippen molar-refractivity contribution in [2.24, 2.45) is 0 Å². The average molecular weight is 277 g/mol. The largest absolute Gasteiger partial charge is 0.351 e. The molecule has 0 aromatic heterocycles. The highest BCUT2D eigenvalue weighted by Crippen LogP contribution is 2.03. The summed E-state index contributed by atoms with van der Waals surface area (Å²) in [6.07, 6.45) is 1.91. The van der Waals surface area contributed by atoms with E-state index >= 15 is 0 Å². The second-order valence-electron chi connectivity index (χ2n) is 4.45. The van der Waals surface area contributed by atoms with E-state index in [1.165, 1.54) is 4.31 Å². The van der Waals surface area contributed by atoms with Crippen LogP contribution in [0.2, 0.25) is 0 Å².